The molecular weight excluding hydrogens is 348 g/mol. The molecule has 1 heterocycles. The predicted octanol–water partition coefficient (Wildman–Crippen LogP) is 3.77. The molecule has 0 saturated carbocycles. The van der Waals surface area contributed by atoms with Crippen molar-refractivity contribution in [3.63, 3.8) is 0 Å². The Hall–Kier alpha value is -2.04. The fourth-order valence-electron chi connectivity index (χ4n) is 3.13. The molecule has 26 heavy (non-hydrogen) atoms. The van der Waals surface area contributed by atoms with Crippen LogP contribution in [-0.2, 0) is 22.5 Å². The fraction of sp³-hybridized carbons (Fsp3) is 0.381. The molecule has 0 radical (unpaired) electrons. The Kier molecular flexibility index (Phi) is 6.53. The van der Waals surface area contributed by atoms with Gasteiger partial charge in [-0.1, -0.05) is 35.9 Å². The number of carbonyl (C=O) groups excluding carboxylic acids is 1. The summed E-state index contributed by atoms with van der Waals surface area (Å²) in [7, 11) is 1.86. The number of amides is 1. The third-order valence-corrected chi connectivity index (χ3v) is 4.91. The molecule has 0 bridgehead atoms. The molecule has 1 aliphatic heterocycles. The van der Waals surface area contributed by atoms with Crippen molar-refractivity contribution >= 4 is 23.2 Å². The number of rotatable bonds is 6. The van der Waals surface area contributed by atoms with Gasteiger partial charge in [0.05, 0.1) is 13.2 Å². The minimum absolute atomic E-state index is 0.141. The van der Waals surface area contributed by atoms with E-state index in [0.29, 0.717) is 24.4 Å². The number of aryl methyl sites for hydroxylation is 1. The lowest BCUT2D eigenvalue weighted by Gasteiger charge is -2.29. The minimum atomic E-state index is 0.141. The Morgan fingerprint density at radius 2 is 1.85 bits per heavy atom. The van der Waals surface area contributed by atoms with Crippen LogP contribution in [0, 0.1) is 0 Å². The first-order valence-electron chi connectivity index (χ1n) is 9.02. The first kappa shape index (κ1) is 18.7. The zero-order valence-electron chi connectivity index (χ0n) is 15.2. The highest BCUT2D eigenvalue weighted by Gasteiger charge is 2.12. The van der Waals surface area contributed by atoms with Gasteiger partial charge in [0, 0.05) is 43.8 Å². The van der Waals surface area contributed by atoms with E-state index in [4.69, 9.17) is 16.3 Å². The summed E-state index contributed by atoms with van der Waals surface area (Å²) >= 11 is 5.99. The zero-order valence-corrected chi connectivity index (χ0v) is 15.9. The summed E-state index contributed by atoms with van der Waals surface area (Å²) in [5.41, 5.74) is 3.45. The molecule has 1 saturated heterocycles. The van der Waals surface area contributed by atoms with Gasteiger partial charge in [-0.3, -0.25) is 4.79 Å². The summed E-state index contributed by atoms with van der Waals surface area (Å²) in [4.78, 5) is 16.5. The van der Waals surface area contributed by atoms with Crippen LogP contribution in [0.1, 0.15) is 17.5 Å². The van der Waals surface area contributed by atoms with Gasteiger partial charge in [0.25, 0.3) is 0 Å². The molecule has 0 aromatic heterocycles. The van der Waals surface area contributed by atoms with E-state index in [1.807, 2.05) is 31.3 Å². The monoisotopic (exact) mass is 372 g/mol. The second kappa shape index (κ2) is 9.06. The number of carbonyl (C=O) groups is 1. The maximum Gasteiger partial charge on any atom is 0.222 e. The highest BCUT2D eigenvalue weighted by molar-refractivity contribution is 6.30. The normalized spacial score (nSPS) is 14.3. The van der Waals surface area contributed by atoms with Crippen LogP contribution in [0.4, 0.5) is 5.69 Å². The van der Waals surface area contributed by atoms with E-state index in [9.17, 15) is 4.79 Å². The highest BCUT2D eigenvalue weighted by atomic mass is 35.5. The summed E-state index contributed by atoms with van der Waals surface area (Å²) in [5, 5.41) is 0.712. The molecule has 0 N–H and O–H groups in total. The second-order valence-electron chi connectivity index (χ2n) is 6.65. The number of hydrogen-bond donors (Lipinski definition) is 0. The molecule has 0 aliphatic carbocycles. The summed E-state index contributed by atoms with van der Waals surface area (Å²) < 4.78 is 5.39. The van der Waals surface area contributed by atoms with Crippen LogP contribution < -0.4 is 4.90 Å². The second-order valence-corrected chi connectivity index (χ2v) is 7.08. The van der Waals surface area contributed by atoms with Gasteiger partial charge < -0.3 is 14.5 Å². The van der Waals surface area contributed by atoms with Crippen molar-refractivity contribution < 1.29 is 9.53 Å². The van der Waals surface area contributed by atoms with Crippen molar-refractivity contribution in [2.75, 3.05) is 38.3 Å². The Bertz CT molecular complexity index is 727. The van der Waals surface area contributed by atoms with Crippen LogP contribution in [0.2, 0.25) is 5.02 Å². The van der Waals surface area contributed by atoms with Crippen molar-refractivity contribution in [2.24, 2.45) is 0 Å². The topological polar surface area (TPSA) is 32.8 Å². The SMILES string of the molecule is CN(Cc1ccc(N2CCOCC2)cc1)C(=O)CCc1cccc(Cl)c1. The Morgan fingerprint density at radius 1 is 1.12 bits per heavy atom. The molecule has 1 fully saturated rings. The minimum Gasteiger partial charge on any atom is -0.378 e. The van der Waals surface area contributed by atoms with E-state index in [1.54, 1.807) is 4.90 Å². The molecule has 4 nitrogen and oxygen atoms in total. The van der Waals surface area contributed by atoms with Gasteiger partial charge in [-0.05, 0) is 41.8 Å². The maximum absolute atomic E-state index is 12.4. The summed E-state index contributed by atoms with van der Waals surface area (Å²) in [6.07, 6.45) is 1.20. The fourth-order valence-corrected chi connectivity index (χ4v) is 3.34. The number of morpholine rings is 1. The molecule has 3 rings (SSSR count). The molecule has 2 aromatic carbocycles. The van der Waals surface area contributed by atoms with Crippen LogP contribution in [0.3, 0.4) is 0 Å². The van der Waals surface area contributed by atoms with Crippen molar-refractivity contribution in [3.05, 3.63) is 64.7 Å². The number of halogens is 1. The van der Waals surface area contributed by atoms with Gasteiger partial charge in [0.15, 0.2) is 0 Å². The van der Waals surface area contributed by atoms with Gasteiger partial charge in [-0.15, -0.1) is 0 Å². The van der Waals surface area contributed by atoms with Crippen molar-refractivity contribution in [1.82, 2.24) is 4.90 Å². The first-order valence-corrected chi connectivity index (χ1v) is 9.39. The number of anilines is 1. The molecule has 0 atom stereocenters. The quantitative estimate of drug-likeness (QED) is 0.773. The van der Waals surface area contributed by atoms with E-state index in [1.165, 1.54) is 5.69 Å². The van der Waals surface area contributed by atoms with Crippen LogP contribution in [0.5, 0.6) is 0 Å². The molecule has 5 heteroatoms. The molecule has 138 valence electrons. The van der Waals surface area contributed by atoms with E-state index in [0.717, 1.165) is 37.4 Å². The largest absolute Gasteiger partial charge is 0.378 e. The van der Waals surface area contributed by atoms with Crippen molar-refractivity contribution in [1.29, 1.82) is 0 Å². The summed E-state index contributed by atoms with van der Waals surface area (Å²) in [6.45, 7) is 4.05. The third-order valence-electron chi connectivity index (χ3n) is 4.67. The molecule has 1 amide bonds. The summed E-state index contributed by atoms with van der Waals surface area (Å²) in [6, 6.07) is 16.1. The van der Waals surface area contributed by atoms with Gasteiger partial charge in [0.1, 0.15) is 0 Å². The Labute approximate surface area is 160 Å². The van der Waals surface area contributed by atoms with E-state index < -0.39 is 0 Å². The number of nitrogens with zero attached hydrogens (tertiary/aromatic N) is 2. The standard InChI is InChI=1S/C21H25ClN2O2/c1-23(21(25)10-7-17-3-2-4-19(22)15-17)16-18-5-8-20(9-6-18)24-11-13-26-14-12-24/h2-6,8-9,15H,7,10-14,16H2,1H3. The number of benzene rings is 2. The van der Waals surface area contributed by atoms with Gasteiger partial charge in [-0.25, -0.2) is 0 Å². The van der Waals surface area contributed by atoms with Crippen LogP contribution in [0.15, 0.2) is 48.5 Å². The van der Waals surface area contributed by atoms with E-state index >= 15 is 0 Å². The zero-order chi connectivity index (χ0) is 18.4. The number of hydrogen-bond acceptors (Lipinski definition) is 3. The maximum atomic E-state index is 12.4. The van der Waals surface area contributed by atoms with Crippen molar-refractivity contribution in [3.8, 4) is 0 Å². The number of ether oxygens (including phenoxy) is 1. The van der Waals surface area contributed by atoms with Gasteiger partial charge in [0.2, 0.25) is 5.91 Å². The van der Waals surface area contributed by atoms with Crippen LogP contribution in [0.25, 0.3) is 0 Å². The van der Waals surface area contributed by atoms with E-state index in [-0.39, 0.29) is 5.91 Å². The van der Waals surface area contributed by atoms with Crippen molar-refractivity contribution in [2.45, 2.75) is 19.4 Å². The van der Waals surface area contributed by atoms with Crippen LogP contribution >= 0.6 is 11.6 Å². The molecule has 1 aliphatic rings. The lowest BCUT2D eigenvalue weighted by Crippen LogP contribution is -2.36. The lowest BCUT2D eigenvalue weighted by molar-refractivity contribution is -0.130. The van der Waals surface area contributed by atoms with E-state index in [2.05, 4.69) is 29.2 Å². The highest BCUT2D eigenvalue weighted by Crippen LogP contribution is 2.18. The molecule has 0 spiro atoms. The average Bonchev–Trinajstić information content (AvgIpc) is 2.67. The molecule has 2 aromatic rings. The average molecular weight is 373 g/mol. The molecule has 0 unspecified atom stereocenters. The van der Waals surface area contributed by atoms with Crippen LogP contribution in [-0.4, -0.2) is 44.2 Å². The summed E-state index contributed by atoms with van der Waals surface area (Å²) in [5.74, 6) is 0.141. The van der Waals surface area contributed by atoms with Gasteiger partial charge in [-0.2, -0.15) is 0 Å². The molecular formula is C21H25ClN2O2. The Morgan fingerprint density at radius 3 is 2.54 bits per heavy atom. The third kappa shape index (κ3) is 5.23. The lowest BCUT2D eigenvalue weighted by atomic mass is 10.1. The predicted molar refractivity (Wildman–Crippen MR) is 106 cm³/mol. The smallest absolute Gasteiger partial charge is 0.222 e. The Balaban J connectivity index is 1.50. The first-order chi connectivity index (χ1) is 12.6. The van der Waals surface area contributed by atoms with Gasteiger partial charge >= 0.3 is 0 Å².